The molecule has 5 aromatic heterocycles. The number of nitrogens with one attached hydrogen (secondary N) is 1. The van der Waals surface area contributed by atoms with E-state index in [4.69, 9.17) is 156 Å². The van der Waals surface area contributed by atoms with Crippen molar-refractivity contribution in [3.05, 3.63) is 183 Å². The van der Waals surface area contributed by atoms with Gasteiger partial charge >= 0.3 is 57.1 Å². The molecule has 0 aromatic carbocycles. The van der Waals surface area contributed by atoms with Crippen molar-refractivity contribution >= 4 is 148 Å². The van der Waals surface area contributed by atoms with Crippen molar-refractivity contribution in [1.82, 2.24) is 31.1 Å². The number of anilines is 2. The maximum absolute atomic E-state index is 10.8. The number of carbonyl (C=O) groups excluding carboxylic acids is 4. The van der Waals surface area contributed by atoms with Crippen LogP contribution in [0.2, 0.25) is 15.5 Å². The average Bonchev–Trinajstić information content (AvgIpc) is 0.824. The summed E-state index contributed by atoms with van der Waals surface area (Å²) in [6.45, 7) is 35.8. The molecule has 0 radical (unpaired) electrons. The molecule has 0 aliphatic heterocycles. The topological polar surface area (TPSA) is 714 Å². The van der Waals surface area contributed by atoms with Gasteiger partial charge in [-0.2, -0.15) is 66.3 Å². The molecule has 0 saturated carbocycles. The number of hydrogen-bond donors (Lipinski definition) is 7. The van der Waals surface area contributed by atoms with E-state index in [-0.39, 0.29) is 97.8 Å². The number of primary amides is 1. The SMILES string of the molecule is BrBr.CC(=O)OC(C)=O.CC(C)=C(C#N)C#N.CC(C)=O.CCOC(CC(C)=C(C#N)C#N)OCC.CCOC(OCC)OCC.CCOC=CC(C)=C(C#N)C#N.Cc1cc[nH]c(=O)c1C#N.Cc1ccnc(Cl)c1C#N.Cc1ccnc(Cl)c1C(N)=O.Cc1ccnc(Cl)c1N.Cc1ccnc(N)c1C#N.N.N#CCC#N.O=P(Cl)(Cl)Cl.O=S(=O)(O)O.[Na+].[OH-]. The Balaban J connectivity index is -0.0000001000. The summed E-state index contributed by atoms with van der Waals surface area (Å²) < 4.78 is 75.8. The zero-order chi connectivity index (χ0) is 98.0. The summed E-state index contributed by atoms with van der Waals surface area (Å²) in [6, 6.07) is 28.6. The van der Waals surface area contributed by atoms with Gasteiger partial charge in [0.05, 0.1) is 47.4 Å². The maximum atomic E-state index is 10.8. The third-order valence-electron chi connectivity index (χ3n) is 11.4. The number of halogens is 8. The van der Waals surface area contributed by atoms with Gasteiger partial charge in [0.1, 0.15) is 105 Å². The summed E-state index contributed by atoms with van der Waals surface area (Å²) in [5, 5.41) is 88.8. The number of nitrogens with two attached hydrogens (primary N) is 3. The van der Waals surface area contributed by atoms with Crippen LogP contribution in [0.5, 0.6) is 0 Å². The van der Waals surface area contributed by atoms with Crippen molar-refractivity contribution in [3.63, 3.8) is 0 Å². The molecular weight excluding hydrogens is 1950 g/mol. The number of carbonyl (C=O) groups is 4. The molecule has 5 rings (SSSR count). The molecule has 38 nitrogen and oxygen atoms in total. The van der Waals surface area contributed by atoms with Crippen molar-refractivity contribution < 1.29 is 109 Å². The van der Waals surface area contributed by atoms with E-state index in [1.165, 1.54) is 46.4 Å². The quantitative estimate of drug-likeness (QED) is 0.00461. The molecule has 5 heterocycles. The minimum Gasteiger partial charge on any atom is -0.870 e. The molecule has 0 unspecified atom stereocenters. The fourth-order valence-electron chi connectivity index (χ4n) is 6.13. The van der Waals surface area contributed by atoms with Crippen LogP contribution in [0.1, 0.15) is 165 Å². The van der Waals surface area contributed by atoms with E-state index in [0.717, 1.165) is 27.8 Å². The molecule has 0 atom stereocenters. The van der Waals surface area contributed by atoms with E-state index >= 15 is 0 Å². The molecule has 0 aliphatic carbocycles. The molecular formula is C77H100Br2Cl6N20NaO18PS. The Kier molecular flexibility index (Phi) is 108. The minimum absolute atomic E-state index is 0. The van der Waals surface area contributed by atoms with Crippen LogP contribution in [-0.2, 0) is 62.5 Å². The number of amides is 1. The van der Waals surface area contributed by atoms with E-state index in [1.54, 1.807) is 127 Å². The van der Waals surface area contributed by atoms with Crippen LogP contribution in [0.25, 0.3) is 0 Å². The average molecular weight is 2050 g/mol. The minimum atomic E-state index is -4.67. The van der Waals surface area contributed by atoms with Gasteiger partial charge in [0.25, 0.3) is 17.9 Å². The molecule has 1 amide bonds. The number of pyridine rings is 5. The first-order valence-electron chi connectivity index (χ1n) is 34.2. The maximum Gasteiger partial charge on any atom is 1.00 e. The van der Waals surface area contributed by atoms with E-state index in [0.29, 0.717) is 96.1 Å². The van der Waals surface area contributed by atoms with Gasteiger partial charge in [-0.15, -0.1) is 0 Å². The van der Waals surface area contributed by atoms with Gasteiger partial charge in [-0.25, -0.2) is 19.9 Å². The first-order valence-corrected chi connectivity index (χ1v) is 44.8. The van der Waals surface area contributed by atoms with E-state index in [2.05, 4.69) is 91.6 Å². The van der Waals surface area contributed by atoms with E-state index < -0.39 is 39.9 Å². The predicted octanol–water partition coefficient (Wildman–Crippen LogP) is 14.8. The number of aryl methyl sites for hydroxylation is 5. The predicted molar refractivity (Wildman–Crippen MR) is 482 cm³/mol. The molecule has 13 N–H and O–H groups in total. The van der Waals surface area contributed by atoms with Crippen molar-refractivity contribution in [2.75, 3.05) is 51.1 Å². The third-order valence-corrected chi connectivity index (χ3v) is 12.3. The molecule has 0 spiro atoms. The summed E-state index contributed by atoms with van der Waals surface area (Å²) in [6.07, 6.45) is 11.0. The number of allylic oxidation sites excluding steroid dienone is 6. The van der Waals surface area contributed by atoms with Gasteiger partial charge in [0, 0.05) is 113 Å². The van der Waals surface area contributed by atoms with Crippen LogP contribution in [0.4, 0.5) is 11.5 Å². The number of Topliss-reactive ketones (excluding diaryl/α,β-unsaturated/α-hetero) is 1. The Bertz CT molecular complexity index is 4650. The number of nitrogens with zero attached hydrogens (tertiary/aromatic N) is 15. The van der Waals surface area contributed by atoms with Crippen molar-refractivity contribution in [2.45, 2.75) is 157 Å². The van der Waals surface area contributed by atoms with Crippen molar-refractivity contribution in [3.8, 4) is 66.8 Å². The number of esters is 2. The monoisotopic (exact) mass is 2050 g/mol. The van der Waals surface area contributed by atoms with Gasteiger partial charge in [0.15, 0.2) is 11.4 Å². The molecule has 0 fully saturated rings. The number of nitrogen functional groups attached to an aromatic ring is 2. The second-order valence-corrected chi connectivity index (χ2v) is 30.0. The number of rotatable bonds is 16. The Hall–Kier alpha value is -9.90. The van der Waals surface area contributed by atoms with E-state index in [1.807, 2.05) is 98.7 Å². The number of ketones is 1. The van der Waals surface area contributed by atoms with Crippen molar-refractivity contribution in [2.24, 2.45) is 5.73 Å². The Labute approximate surface area is 802 Å². The van der Waals surface area contributed by atoms with Crippen LogP contribution in [0.15, 0.2) is 112 Å². The summed E-state index contributed by atoms with van der Waals surface area (Å²) >= 11 is 36.1. The van der Waals surface area contributed by atoms with Gasteiger partial charge in [-0.1, -0.05) is 34.8 Å². The zero-order valence-corrected chi connectivity index (χ0v) is 84.2. The normalized spacial score (nSPS) is 8.63. The fourth-order valence-corrected chi connectivity index (χ4v) is 6.88. The van der Waals surface area contributed by atoms with E-state index in [9.17, 15) is 28.5 Å². The van der Waals surface area contributed by atoms with Gasteiger partial charge in [0.2, 0.25) is 0 Å². The summed E-state index contributed by atoms with van der Waals surface area (Å²) in [4.78, 5) is 68.0. The second kappa shape index (κ2) is 94.2. The Morgan fingerprint density at radius 1 is 0.556 bits per heavy atom. The smallest absolute Gasteiger partial charge is 0.870 e. The molecule has 0 aliphatic rings. The van der Waals surface area contributed by atoms with Crippen LogP contribution >= 0.6 is 102 Å². The molecule has 0 saturated heterocycles. The number of ether oxygens (including phenoxy) is 7. The van der Waals surface area contributed by atoms with Crippen LogP contribution < -0.4 is 58.5 Å². The summed E-state index contributed by atoms with van der Waals surface area (Å²) in [5.41, 5.74) is 24.3. The van der Waals surface area contributed by atoms with Crippen LogP contribution in [0.3, 0.4) is 0 Å². The Morgan fingerprint density at radius 3 is 1.13 bits per heavy atom. The molecule has 0 bridgehead atoms. The summed E-state index contributed by atoms with van der Waals surface area (Å²) in [5.74, 6) is -1.19. The number of aromatic nitrogens is 5. The molecule has 126 heavy (non-hydrogen) atoms. The van der Waals surface area contributed by atoms with Crippen LogP contribution in [0, 0.1) is 159 Å². The standard InChI is InChI=1S/C11H16N2O2.C9H10N2O.C7H7ClN2O.C7H5ClN2.C7H7N3.C7H6N2O.C7H16O3.C6H7ClN2.C6H6N2.C4H6O3.C3H2N2.C3H6O.Br2.Cl3OP.H3N.Na.H2O4S.H2O/c1-4-14-11(15-5-2)6-9(3)10(7-12)8-13;1-3-12-5-4-8(2)9(6-10)7-11;1-4-2-3-10-6(8)5(4)7(9)11;1-5-2-3-10-7(8)6(5)4-9;1-5-2-3-10-7(9)6(5)4-8;1-5-2-3-9-7(10)6(5)4-8;1-4-8-7(9-5-2)10-6-3;1-4-2-3-9-6(7)5(4)8;1-5(2)6(3-7)4-8;1-3(5)7-4(2)6;4-2-1-3-5;1-3(2)4;1-2;1-5(2,3)4;;;1-5(2,3)4;/h11H,4-6H2,1-3H3;4-5H,3H2,1-2H3;2-3H,1H3,(H2,9,11);2-3H,1H3;2-3H,1H3,(H2,9,10);2-3H,1H3,(H,9,10);7H,4-6H2,1-3H3;2-3H,8H2,1H3;1-2H3;1-2H3;1H2;1-2H3;;;1H3;;(H2,1,2,3,4);1H2/q;;;;;;;;;;;;;;;+1;;/p-1. The van der Waals surface area contributed by atoms with Gasteiger partial charge < -0.3 is 71.8 Å². The molecule has 5 aromatic rings. The summed E-state index contributed by atoms with van der Waals surface area (Å²) in [7, 11) is -4.67. The first kappa shape index (κ1) is 145. The second-order valence-electron chi connectivity index (χ2n) is 21.4. The van der Waals surface area contributed by atoms with Gasteiger partial charge in [-0.3, -0.25) is 32.8 Å². The third kappa shape index (κ3) is 94.8. The first-order chi connectivity index (χ1) is 57.4. The number of nitriles is 11. The van der Waals surface area contributed by atoms with Crippen molar-refractivity contribution in [1.29, 1.82) is 57.9 Å². The Morgan fingerprint density at radius 2 is 0.897 bits per heavy atom. The molecule has 49 heteroatoms. The molecule has 684 valence electrons. The number of hydrogen-bond acceptors (Lipinski definition) is 34. The van der Waals surface area contributed by atoms with Crippen LogP contribution in [-0.4, -0.2) is 124 Å². The zero-order valence-electron chi connectivity index (χ0n) is 72.7. The largest absolute Gasteiger partial charge is 1.00 e. The van der Waals surface area contributed by atoms with Gasteiger partial charge in [-0.05, 0) is 232 Å². The number of aromatic amines is 1. The number of H-pyrrole nitrogens is 1. The fraction of sp³-hybridized carbons (Fsp3) is 0.377.